The Bertz CT molecular complexity index is 180. The van der Waals surface area contributed by atoms with E-state index in [1.807, 2.05) is 0 Å². The van der Waals surface area contributed by atoms with Gasteiger partial charge in [-0.15, -0.1) is 0 Å². The summed E-state index contributed by atoms with van der Waals surface area (Å²) in [6.45, 7) is 6.14. The van der Waals surface area contributed by atoms with E-state index in [9.17, 15) is 0 Å². The minimum absolute atomic E-state index is 0.347. The summed E-state index contributed by atoms with van der Waals surface area (Å²) in [6, 6.07) is 0. The van der Waals surface area contributed by atoms with Gasteiger partial charge < -0.3 is 14.8 Å². The number of rotatable bonds is 4. The fourth-order valence-corrected chi connectivity index (χ4v) is 2.69. The molecule has 1 N–H and O–H groups in total. The van der Waals surface area contributed by atoms with E-state index in [0.29, 0.717) is 18.1 Å². The van der Waals surface area contributed by atoms with Gasteiger partial charge >= 0.3 is 0 Å². The van der Waals surface area contributed by atoms with Crippen molar-refractivity contribution in [1.29, 1.82) is 0 Å². The molecule has 0 aromatic carbocycles. The van der Waals surface area contributed by atoms with Gasteiger partial charge in [0, 0.05) is 25.7 Å². The van der Waals surface area contributed by atoms with Gasteiger partial charge in [0.05, 0.1) is 12.2 Å². The zero-order valence-corrected chi connectivity index (χ0v) is 9.71. The van der Waals surface area contributed by atoms with E-state index in [4.69, 9.17) is 9.47 Å². The first-order valence-electron chi connectivity index (χ1n) is 6.35. The molecule has 0 bridgehead atoms. The summed E-state index contributed by atoms with van der Waals surface area (Å²) in [5.41, 5.74) is 0. The first-order valence-corrected chi connectivity index (χ1v) is 6.35. The minimum atomic E-state index is 0.347. The maximum absolute atomic E-state index is 5.91. The molecule has 0 amide bonds. The summed E-state index contributed by atoms with van der Waals surface area (Å²) >= 11 is 0. The van der Waals surface area contributed by atoms with E-state index in [1.165, 1.54) is 25.7 Å². The molecule has 2 fully saturated rings. The summed E-state index contributed by atoms with van der Waals surface area (Å²) in [6.07, 6.45) is 5.61. The highest BCUT2D eigenvalue weighted by atomic mass is 16.5. The van der Waals surface area contributed by atoms with Crippen molar-refractivity contribution in [3.63, 3.8) is 0 Å². The predicted octanol–water partition coefficient (Wildman–Crippen LogP) is 1.57. The molecule has 3 nitrogen and oxygen atoms in total. The molecular formula is C12H23NO2. The van der Waals surface area contributed by atoms with Crippen molar-refractivity contribution >= 4 is 0 Å². The van der Waals surface area contributed by atoms with Crippen LogP contribution < -0.4 is 5.32 Å². The molecule has 3 unspecified atom stereocenters. The first-order chi connectivity index (χ1) is 7.42. The van der Waals surface area contributed by atoms with Gasteiger partial charge in [0.2, 0.25) is 0 Å². The summed E-state index contributed by atoms with van der Waals surface area (Å²) in [4.78, 5) is 0. The Balaban J connectivity index is 1.86. The Labute approximate surface area is 92.5 Å². The van der Waals surface area contributed by atoms with E-state index in [1.54, 1.807) is 0 Å². The van der Waals surface area contributed by atoms with Crippen LogP contribution in [0.1, 0.15) is 32.6 Å². The predicted molar refractivity (Wildman–Crippen MR) is 60.0 cm³/mol. The highest BCUT2D eigenvalue weighted by Crippen LogP contribution is 2.29. The molecular weight excluding hydrogens is 190 g/mol. The molecule has 2 aliphatic heterocycles. The molecule has 0 aliphatic carbocycles. The van der Waals surface area contributed by atoms with E-state index in [0.717, 1.165) is 26.3 Å². The van der Waals surface area contributed by atoms with Gasteiger partial charge in [-0.1, -0.05) is 6.92 Å². The maximum Gasteiger partial charge on any atom is 0.0876 e. The second-order valence-corrected chi connectivity index (χ2v) is 4.60. The van der Waals surface area contributed by atoms with Gasteiger partial charge in [-0.05, 0) is 32.2 Å². The normalized spacial score (nSPS) is 37.0. The third-order valence-corrected chi connectivity index (χ3v) is 3.48. The number of hydrogen-bond acceptors (Lipinski definition) is 3. The number of ether oxygens (including phenoxy) is 2. The lowest BCUT2D eigenvalue weighted by Crippen LogP contribution is -2.43. The Morgan fingerprint density at radius 3 is 2.67 bits per heavy atom. The lowest BCUT2D eigenvalue weighted by molar-refractivity contribution is -0.0997. The Hall–Kier alpha value is -0.120. The zero-order chi connectivity index (χ0) is 10.5. The minimum Gasteiger partial charge on any atom is -0.376 e. The smallest absolute Gasteiger partial charge is 0.0876 e. The average Bonchev–Trinajstić information content (AvgIpc) is 2.80. The van der Waals surface area contributed by atoms with E-state index in [-0.39, 0.29) is 0 Å². The highest BCUT2D eigenvalue weighted by molar-refractivity contribution is 4.85. The fourth-order valence-electron chi connectivity index (χ4n) is 2.69. The summed E-state index contributed by atoms with van der Waals surface area (Å²) in [5.74, 6) is 0.654. The van der Waals surface area contributed by atoms with Crippen molar-refractivity contribution < 1.29 is 9.47 Å². The van der Waals surface area contributed by atoms with Crippen molar-refractivity contribution in [3.05, 3.63) is 0 Å². The first kappa shape index (κ1) is 11.4. The third kappa shape index (κ3) is 2.92. The monoisotopic (exact) mass is 213 g/mol. The second kappa shape index (κ2) is 5.83. The summed E-state index contributed by atoms with van der Waals surface area (Å²) in [5, 5.41) is 3.44. The van der Waals surface area contributed by atoms with E-state index in [2.05, 4.69) is 12.2 Å². The number of nitrogens with one attached hydrogen (secondary N) is 1. The SMILES string of the molecule is CCNCC1CCCOC1C1CCCO1. The van der Waals surface area contributed by atoms with Crippen LogP contribution in [-0.4, -0.2) is 38.5 Å². The Morgan fingerprint density at radius 2 is 1.93 bits per heavy atom. The molecule has 2 heterocycles. The van der Waals surface area contributed by atoms with Gasteiger partial charge in [0.25, 0.3) is 0 Å². The van der Waals surface area contributed by atoms with Crippen LogP contribution in [0.4, 0.5) is 0 Å². The van der Waals surface area contributed by atoms with Gasteiger partial charge in [-0.3, -0.25) is 0 Å². The molecule has 0 aromatic heterocycles. The standard InChI is InChI=1S/C12H23NO2/c1-2-13-9-10-5-3-8-15-12(10)11-6-4-7-14-11/h10-13H,2-9H2,1H3. The molecule has 0 saturated carbocycles. The van der Waals surface area contributed by atoms with Crippen molar-refractivity contribution in [3.8, 4) is 0 Å². The lowest BCUT2D eigenvalue weighted by atomic mass is 9.89. The quantitative estimate of drug-likeness (QED) is 0.769. The summed E-state index contributed by atoms with van der Waals surface area (Å²) in [7, 11) is 0. The van der Waals surface area contributed by atoms with E-state index >= 15 is 0 Å². The van der Waals surface area contributed by atoms with Crippen molar-refractivity contribution in [2.45, 2.75) is 44.8 Å². The average molecular weight is 213 g/mol. The second-order valence-electron chi connectivity index (χ2n) is 4.60. The fraction of sp³-hybridized carbons (Fsp3) is 1.00. The molecule has 0 radical (unpaired) electrons. The van der Waals surface area contributed by atoms with Crippen LogP contribution in [0.15, 0.2) is 0 Å². The highest BCUT2D eigenvalue weighted by Gasteiger charge is 2.34. The molecule has 88 valence electrons. The number of hydrogen-bond donors (Lipinski definition) is 1. The molecule has 2 rings (SSSR count). The van der Waals surface area contributed by atoms with Crippen molar-refractivity contribution in [2.75, 3.05) is 26.3 Å². The molecule has 0 spiro atoms. The maximum atomic E-state index is 5.91. The Morgan fingerprint density at radius 1 is 1.13 bits per heavy atom. The molecule has 3 heteroatoms. The molecule has 2 aliphatic rings. The molecule has 2 saturated heterocycles. The zero-order valence-electron chi connectivity index (χ0n) is 9.71. The lowest BCUT2D eigenvalue weighted by Gasteiger charge is -2.35. The van der Waals surface area contributed by atoms with Crippen LogP contribution in [0.2, 0.25) is 0 Å². The van der Waals surface area contributed by atoms with Crippen LogP contribution in [0.25, 0.3) is 0 Å². The van der Waals surface area contributed by atoms with Gasteiger partial charge in [-0.2, -0.15) is 0 Å². The Kier molecular flexibility index (Phi) is 4.42. The van der Waals surface area contributed by atoms with Crippen LogP contribution in [-0.2, 0) is 9.47 Å². The van der Waals surface area contributed by atoms with Crippen molar-refractivity contribution in [2.24, 2.45) is 5.92 Å². The largest absolute Gasteiger partial charge is 0.376 e. The molecule has 3 atom stereocenters. The topological polar surface area (TPSA) is 30.5 Å². The summed E-state index contributed by atoms with van der Waals surface area (Å²) < 4.78 is 11.7. The van der Waals surface area contributed by atoms with E-state index < -0.39 is 0 Å². The molecule has 15 heavy (non-hydrogen) atoms. The van der Waals surface area contributed by atoms with Crippen LogP contribution in [0, 0.1) is 5.92 Å². The van der Waals surface area contributed by atoms with Gasteiger partial charge in [-0.25, -0.2) is 0 Å². The van der Waals surface area contributed by atoms with Crippen molar-refractivity contribution in [1.82, 2.24) is 5.32 Å². The van der Waals surface area contributed by atoms with Crippen LogP contribution >= 0.6 is 0 Å². The molecule has 0 aromatic rings. The van der Waals surface area contributed by atoms with Crippen LogP contribution in [0.3, 0.4) is 0 Å². The van der Waals surface area contributed by atoms with Crippen LogP contribution in [0.5, 0.6) is 0 Å². The third-order valence-electron chi connectivity index (χ3n) is 3.48. The van der Waals surface area contributed by atoms with Gasteiger partial charge in [0.1, 0.15) is 0 Å². The van der Waals surface area contributed by atoms with Gasteiger partial charge in [0.15, 0.2) is 0 Å².